The quantitative estimate of drug-likeness (QED) is 0.500. The summed E-state index contributed by atoms with van der Waals surface area (Å²) in [6, 6.07) is 9.57. The minimum absolute atomic E-state index is 0.167. The molecule has 0 spiro atoms. The van der Waals surface area contributed by atoms with Crippen molar-refractivity contribution in [3.63, 3.8) is 0 Å². The first-order valence-corrected chi connectivity index (χ1v) is 15.1. The van der Waals surface area contributed by atoms with Crippen molar-refractivity contribution in [3.05, 3.63) is 41.8 Å². The molecule has 186 valence electrons. The van der Waals surface area contributed by atoms with Crippen LogP contribution in [0.5, 0.6) is 5.75 Å². The molecule has 1 atom stereocenters. The van der Waals surface area contributed by atoms with Crippen LogP contribution < -0.4 is 10.1 Å². The summed E-state index contributed by atoms with van der Waals surface area (Å²) in [7, 11) is -7.02. The predicted molar refractivity (Wildman–Crippen MR) is 129 cm³/mol. The number of piperidine rings is 1. The van der Waals surface area contributed by atoms with Crippen LogP contribution in [0.2, 0.25) is 0 Å². The monoisotopic (exact) mass is 527 g/mol. The fourth-order valence-electron chi connectivity index (χ4n) is 4.19. The Balaban J connectivity index is 1.23. The molecule has 1 amide bonds. The van der Waals surface area contributed by atoms with Gasteiger partial charge in [-0.05, 0) is 61.4 Å². The standard InChI is InChI=1S/C22H29N3O6S3/c26-22(18-5-3-14-25(17-18)34(29,30)21-6-4-16-32-21)23-11-15-31-19-7-9-20(10-8-19)33(27,28)24-12-1-2-13-24/h4,6-10,16,18H,1-3,5,11-15,17H2,(H,23,26)/t18-/m1/s1. The molecular formula is C22H29N3O6S3. The molecule has 1 aromatic heterocycles. The molecule has 2 aliphatic heterocycles. The van der Waals surface area contributed by atoms with Gasteiger partial charge in [-0.25, -0.2) is 16.8 Å². The first kappa shape index (κ1) is 25.1. The third-order valence-electron chi connectivity index (χ3n) is 6.04. The number of hydrogen-bond acceptors (Lipinski definition) is 7. The van der Waals surface area contributed by atoms with Crippen LogP contribution >= 0.6 is 11.3 Å². The number of thiophene rings is 1. The van der Waals surface area contributed by atoms with Gasteiger partial charge >= 0.3 is 0 Å². The summed E-state index contributed by atoms with van der Waals surface area (Å²) >= 11 is 1.17. The highest BCUT2D eigenvalue weighted by atomic mass is 32.2. The summed E-state index contributed by atoms with van der Waals surface area (Å²) in [5, 5.41) is 4.54. The Kier molecular flexibility index (Phi) is 7.93. The Morgan fingerprint density at radius 2 is 1.68 bits per heavy atom. The summed E-state index contributed by atoms with van der Waals surface area (Å²) in [5.74, 6) is -0.0826. The topological polar surface area (TPSA) is 113 Å². The molecular weight excluding hydrogens is 498 g/mol. The molecule has 4 rings (SSSR count). The Hall–Kier alpha value is -1.99. The van der Waals surface area contributed by atoms with Crippen molar-refractivity contribution >= 4 is 37.3 Å². The fourth-order valence-corrected chi connectivity index (χ4v) is 8.37. The average Bonchev–Trinajstić information content (AvgIpc) is 3.57. The van der Waals surface area contributed by atoms with Gasteiger partial charge in [-0.3, -0.25) is 4.79 Å². The summed E-state index contributed by atoms with van der Waals surface area (Å²) in [6.45, 7) is 2.17. The van der Waals surface area contributed by atoms with E-state index < -0.39 is 26.0 Å². The van der Waals surface area contributed by atoms with Gasteiger partial charge in [0.25, 0.3) is 10.0 Å². The van der Waals surface area contributed by atoms with Crippen molar-refractivity contribution in [3.8, 4) is 5.75 Å². The second kappa shape index (κ2) is 10.7. The third kappa shape index (κ3) is 5.62. The third-order valence-corrected chi connectivity index (χ3v) is 11.2. The van der Waals surface area contributed by atoms with Crippen molar-refractivity contribution in [1.82, 2.24) is 13.9 Å². The highest BCUT2D eigenvalue weighted by molar-refractivity contribution is 7.91. The van der Waals surface area contributed by atoms with E-state index in [0.29, 0.717) is 42.4 Å². The van der Waals surface area contributed by atoms with Crippen molar-refractivity contribution < 1.29 is 26.4 Å². The van der Waals surface area contributed by atoms with Gasteiger partial charge in [-0.2, -0.15) is 8.61 Å². The normalized spacial score (nSPS) is 20.3. The largest absolute Gasteiger partial charge is 0.492 e. The fraction of sp³-hybridized carbons (Fsp3) is 0.500. The Morgan fingerprint density at radius 3 is 2.35 bits per heavy atom. The molecule has 34 heavy (non-hydrogen) atoms. The summed E-state index contributed by atoms with van der Waals surface area (Å²) < 4.78 is 59.5. The van der Waals surface area contributed by atoms with E-state index in [9.17, 15) is 21.6 Å². The van der Waals surface area contributed by atoms with E-state index in [1.807, 2.05) is 0 Å². The van der Waals surface area contributed by atoms with Gasteiger partial charge in [-0.1, -0.05) is 6.07 Å². The van der Waals surface area contributed by atoms with E-state index in [1.165, 1.54) is 32.1 Å². The van der Waals surface area contributed by atoms with Crippen LogP contribution in [0.15, 0.2) is 50.9 Å². The maximum Gasteiger partial charge on any atom is 0.252 e. The van der Waals surface area contributed by atoms with Gasteiger partial charge in [0.05, 0.1) is 17.4 Å². The number of benzene rings is 1. The van der Waals surface area contributed by atoms with Gasteiger partial charge in [0.1, 0.15) is 16.6 Å². The highest BCUT2D eigenvalue weighted by Gasteiger charge is 2.33. The van der Waals surface area contributed by atoms with Gasteiger partial charge in [0, 0.05) is 26.2 Å². The van der Waals surface area contributed by atoms with Gasteiger partial charge < -0.3 is 10.1 Å². The molecule has 0 saturated carbocycles. The van der Waals surface area contributed by atoms with Crippen LogP contribution in [-0.4, -0.2) is 70.7 Å². The number of carbonyl (C=O) groups is 1. The lowest BCUT2D eigenvalue weighted by atomic mass is 9.99. The maximum atomic E-state index is 12.7. The zero-order valence-corrected chi connectivity index (χ0v) is 21.2. The van der Waals surface area contributed by atoms with Gasteiger partial charge in [0.15, 0.2) is 0 Å². The van der Waals surface area contributed by atoms with Crippen LogP contribution in [0.25, 0.3) is 0 Å². The number of rotatable bonds is 9. The average molecular weight is 528 g/mol. The second-order valence-corrected chi connectivity index (χ2v) is 13.4. The SMILES string of the molecule is O=C(NCCOc1ccc(S(=O)(=O)N2CCCC2)cc1)[C@@H]1CCCN(S(=O)(=O)c2cccs2)C1. The molecule has 1 N–H and O–H groups in total. The van der Waals surface area contributed by atoms with E-state index in [1.54, 1.807) is 29.6 Å². The molecule has 9 nitrogen and oxygen atoms in total. The van der Waals surface area contributed by atoms with Crippen molar-refractivity contribution in [2.24, 2.45) is 5.92 Å². The molecule has 0 bridgehead atoms. The lowest BCUT2D eigenvalue weighted by Crippen LogP contribution is -2.45. The Bertz CT molecular complexity index is 1170. The van der Waals surface area contributed by atoms with Crippen LogP contribution in [-0.2, 0) is 24.8 Å². The lowest BCUT2D eigenvalue weighted by Gasteiger charge is -2.30. The maximum absolute atomic E-state index is 12.7. The second-order valence-electron chi connectivity index (χ2n) is 8.36. The van der Waals surface area contributed by atoms with Crippen molar-refractivity contribution in [2.75, 3.05) is 39.3 Å². The smallest absolute Gasteiger partial charge is 0.252 e. The number of hydrogen-bond donors (Lipinski definition) is 1. The molecule has 2 aliphatic rings. The highest BCUT2D eigenvalue weighted by Crippen LogP contribution is 2.26. The molecule has 0 aliphatic carbocycles. The molecule has 2 aromatic rings. The minimum Gasteiger partial charge on any atom is -0.492 e. The van der Waals surface area contributed by atoms with Crippen LogP contribution in [0.1, 0.15) is 25.7 Å². The first-order valence-electron chi connectivity index (χ1n) is 11.3. The van der Waals surface area contributed by atoms with E-state index in [0.717, 1.165) is 12.8 Å². The molecule has 0 unspecified atom stereocenters. The molecule has 2 saturated heterocycles. The van der Waals surface area contributed by atoms with Crippen molar-refractivity contribution in [2.45, 2.75) is 34.8 Å². The number of sulfonamides is 2. The van der Waals surface area contributed by atoms with E-state index in [-0.39, 0.29) is 30.5 Å². The molecule has 12 heteroatoms. The van der Waals surface area contributed by atoms with E-state index in [4.69, 9.17) is 4.74 Å². The molecule has 0 radical (unpaired) electrons. The van der Waals surface area contributed by atoms with Crippen molar-refractivity contribution in [1.29, 1.82) is 0 Å². The minimum atomic E-state index is -3.56. The summed E-state index contributed by atoms with van der Waals surface area (Å²) in [6.07, 6.45) is 3.03. The summed E-state index contributed by atoms with van der Waals surface area (Å²) in [5.41, 5.74) is 0. The van der Waals surface area contributed by atoms with E-state index >= 15 is 0 Å². The van der Waals surface area contributed by atoms with Crippen LogP contribution in [0, 0.1) is 5.92 Å². The zero-order valence-electron chi connectivity index (χ0n) is 18.8. The number of nitrogens with one attached hydrogen (secondary N) is 1. The van der Waals surface area contributed by atoms with Crippen LogP contribution in [0.3, 0.4) is 0 Å². The number of amides is 1. The zero-order chi connectivity index (χ0) is 24.2. The number of nitrogens with zero attached hydrogens (tertiary/aromatic N) is 2. The molecule has 3 heterocycles. The Morgan fingerprint density at radius 1 is 0.971 bits per heavy atom. The first-order chi connectivity index (χ1) is 16.3. The van der Waals surface area contributed by atoms with Gasteiger partial charge in [0.2, 0.25) is 15.9 Å². The predicted octanol–water partition coefficient (Wildman–Crippen LogP) is 2.13. The number of ether oxygens (including phenoxy) is 1. The summed E-state index contributed by atoms with van der Waals surface area (Å²) in [4.78, 5) is 12.8. The molecule has 1 aromatic carbocycles. The van der Waals surface area contributed by atoms with E-state index in [2.05, 4.69) is 5.32 Å². The number of carbonyl (C=O) groups excluding carboxylic acids is 1. The Labute approximate surface area is 204 Å². The molecule has 2 fully saturated rings. The lowest BCUT2D eigenvalue weighted by molar-refractivity contribution is -0.126. The van der Waals surface area contributed by atoms with Crippen LogP contribution in [0.4, 0.5) is 0 Å². The van der Waals surface area contributed by atoms with Gasteiger partial charge in [-0.15, -0.1) is 11.3 Å².